The molecular formula is C12H16N2O2. The second-order valence-corrected chi connectivity index (χ2v) is 4.05. The molecule has 0 bridgehead atoms. The highest BCUT2D eigenvalue weighted by atomic mass is 16.5. The number of methoxy groups -OCH3 is 1. The van der Waals surface area contributed by atoms with Gasteiger partial charge in [0.25, 0.3) is 0 Å². The first-order chi connectivity index (χ1) is 7.72. The Bertz CT molecular complexity index is 375. The predicted octanol–water partition coefficient (Wildman–Crippen LogP) is 0.483. The molecule has 1 aromatic carbocycles. The lowest BCUT2D eigenvalue weighted by molar-refractivity contribution is -0.121. The highest BCUT2D eigenvalue weighted by Gasteiger charge is 2.32. The van der Waals surface area contributed by atoms with E-state index in [4.69, 9.17) is 10.5 Å². The van der Waals surface area contributed by atoms with Crippen molar-refractivity contribution in [3.63, 3.8) is 0 Å². The Hall–Kier alpha value is -1.55. The number of nitrogens with one attached hydrogen (secondary N) is 1. The van der Waals surface area contributed by atoms with Crippen LogP contribution in [0.25, 0.3) is 0 Å². The molecule has 1 amide bonds. The van der Waals surface area contributed by atoms with E-state index in [1.807, 2.05) is 24.3 Å². The third kappa shape index (κ3) is 2.02. The number of ether oxygens (including phenoxy) is 1. The molecule has 86 valence electrons. The van der Waals surface area contributed by atoms with E-state index in [0.717, 1.165) is 17.9 Å². The van der Waals surface area contributed by atoms with Gasteiger partial charge in [0, 0.05) is 19.0 Å². The minimum atomic E-state index is -0.231. The standard InChI is InChI=1S/C12H16N2O2/c1-16-9-4-2-8(3-5-9)10-6-14-7-11(10)12(13)15/h2-5,10-11,14H,6-7H2,1H3,(H2,13,15). The van der Waals surface area contributed by atoms with Crippen LogP contribution in [0.4, 0.5) is 0 Å². The topological polar surface area (TPSA) is 64.3 Å². The first-order valence-corrected chi connectivity index (χ1v) is 5.36. The van der Waals surface area contributed by atoms with E-state index in [1.54, 1.807) is 7.11 Å². The molecule has 0 spiro atoms. The summed E-state index contributed by atoms with van der Waals surface area (Å²) in [6, 6.07) is 7.80. The molecule has 1 fully saturated rings. The van der Waals surface area contributed by atoms with Crippen molar-refractivity contribution >= 4 is 5.91 Å². The molecule has 0 radical (unpaired) electrons. The van der Waals surface area contributed by atoms with Gasteiger partial charge >= 0.3 is 0 Å². The van der Waals surface area contributed by atoms with Crippen LogP contribution in [-0.2, 0) is 4.79 Å². The van der Waals surface area contributed by atoms with Crippen LogP contribution in [0.5, 0.6) is 5.75 Å². The first-order valence-electron chi connectivity index (χ1n) is 5.36. The number of carbonyl (C=O) groups is 1. The van der Waals surface area contributed by atoms with Gasteiger partial charge in [-0.15, -0.1) is 0 Å². The molecule has 1 heterocycles. The highest BCUT2D eigenvalue weighted by Crippen LogP contribution is 2.28. The van der Waals surface area contributed by atoms with Gasteiger partial charge in [0.05, 0.1) is 13.0 Å². The maximum absolute atomic E-state index is 11.3. The Labute approximate surface area is 94.8 Å². The van der Waals surface area contributed by atoms with Crippen LogP contribution in [0.3, 0.4) is 0 Å². The molecule has 16 heavy (non-hydrogen) atoms. The summed E-state index contributed by atoms with van der Waals surface area (Å²) in [5.41, 5.74) is 6.51. The molecule has 0 aliphatic carbocycles. The van der Waals surface area contributed by atoms with E-state index in [2.05, 4.69) is 5.32 Å². The van der Waals surface area contributed by atoms with E-state index >= 15 is 0 Å². The van der Waals surface area contributed by atoms with Gasteiger partial charge in [-0.3, -0.25) is 4.79 Å². The average Bonchev–Trinajstić information content (AvgIpc) is 2.78. The fraction of sp³-hybridized carbons (Fsp3) is 0.417. The summed E-state index contributed by atoms with van der Waals surface area (Å²) in [4.78, 5) is 11.3. The van der Waals surface area contributed by atoms with Gasteiger partial charge in [0.2, 0.25) is 5.91 Å². The number of hydrogen-bond acceptors (Lipinski definition) is 3. The Kier molecular flexibility index (Phi) is 3.10. The quantitative estimate of drug-likeness (QED) is 0.779. The number of nitrogens with two attached hydrogens (primary N) is 1. The predicted molar refractivity (Wildman–Crippen MR) is 61.3 cm³/mol. The SMILES string of the molecule is COc1ccc(C2CNCC2C(N)=O)cc1. The van der Waals surface area contributed by atoms with E-state index in [9.17, 15) is 4.79 Å². The summed E-state index contributed by atoms with van der Waals surface area (Å²) in [6.45, 7) is 1.48. The van der Waals surface area contributed by atoms with Gasteiger partial charge in [-0.1, -0.05) is 12.1 Å². The Morgan fingerprint density at radius 2 is 2.06 bits per heavy atom. The Morgan fingerprint density at radius 3 is 2.62 bits per heavy atom. The zero-order chi connectivity index (χ0) is 11.5. The van der Waals surface area contributed by atoms with Gasteiger partial charge in [-0.05, 0) is 17.7 Å². The zero-order valence-corrected chi connectivity index (χ0v) is 9.27. The van der Waals surface area contributed by atoms with Crippen molar-refractivity contribution in [2.24, 2.45) is 11.7 Å². The third-order valence-corrected chi connectivity index (χ3v) is 3.12. The summed E-state index contributed by atoms with van der Waals surface area (Å²) >= 11 is 0. The van der Waals surface area contributed by atoms with E-state index in [1.165, 1.54) is 0 Å². The number of rotatable bonds is 3. The van der Waals surface area contributed by atoms with Crippen molar-refractivity contribution in [1.82, 2.24) is 5.32 Å². The minimum absolute atomic E-state index is 0.103. The molecule has 4 heteroatoms. The smallest absolute Gasteiger partial charge is 0.222 e. The second-order valence-electron chi connectivity index (χ2n) is 4.05. The van der Waals surface area contributed by atoms with Crippen molar-refractivity contribution < 1.29 is 9.53 Å². The summed E-state index contributed by atoms with van der Waals surface area (Å²) < 4.78 is 5.10. The fourth-order valence-corrected chi connectivity index (χ4v) is 2.18. The van der Waals surface area contributed by atoms with Gasteiger partial charge in [-0.25, -0.2) is 0 Å². The van der Waals surface area contributed by atoms with Gasteiger partial charge in [0.15, 0.2) is 0 Å². The van der Waals surface area contributed by atoms with Crippen molar-refractivity contribution in [2.45, 2.75) is 5.92 Å². The fourth-order valence-electron chi connectivity index (χ4n) is 2.18. The highest BCUT2D eigenvalue weighted by molar-refractivity contribution is 5.78. The van der Waals surface area contributed by atoms with Crippen LogP contribution in [0, 0.1) is 5.92 Å². The molecule has 0 saturated carbocycles. The molecule has 1 aliphatic heterocycles. The lowest BCUT2D eigenvalue weighted by Crippen LogP contribution is -2.28. The summed E-state index contributed by atoms with van der Waals surface area (Å²) in [7, 11) is 1.64. The van der Waals surface area contributed by atoms with Crippen LogP contribution in [-0.4, -0.2) is 26.1 Å². The van der Waals surface area contributed by atoms with Crippen molar-refractivity contribution in [1.29, 1.82) is 0 Å². The summed E-state index contributed by atoms with van der Waals surface area (Å²) in [6.07, 6.45) is 0. The zero-order valence-electron chi connectivity index (χ0n) is 9.27. The van der Waals surface area contributed by atoms with E-state index in [-0.39, 0.29) is 17.7 Å². The van der Waals surface area contributed by atoms with Crippen molar-refractivity contribution in [3.05, 3.63) is 29.8 Å². The van der Waals surface area contributed by atoms with E-state index < -0.39 is 0 Å². The summed E-state index contributed by atoms with van der Waals surface area (Å²) in [5.74, 6) is 0.674. The number of hydrogen-bond donors (Lipinski definition) is 2. The molecule has 1 aromatic rings. The lowest BCUT2D eigenvalue weighted by Gasteiger charge is -2.15. The van der Waals surface area contributed by atoms with Crippen LogP contribution in [0.2, 0.25) is 0 Å². The average molecular weight is 220 g/mol. The number of primary amides is 1. The number of amides is 1. The lowest BCUT2D eigenvalue weighted by atomic mass is 9.88. The van der Waals surface area contributed by atoms with Crippen molar-refractivity contribution in [2.75, 3.05) is 20.2 Å². The molecule has 2 rings (SSSR count). The maximum atomic E-state index is 11.3. The molecule has 3 N–H and O–H groups in total. The van der Waals surface area contributed by atoms with Crippen LogP contribution in [0.1, 0.15) is 11.5 Å². The monoisotopic (exact) mass is 220 g/mol. The van der Waals surface area contributed by atoms with Gasteiger partial charge in [-0.2, -0.15) is 0 Å². The molecule has 0 aromatic heterocycles. The first kappa shape index (κ1) is 11.0. The second kappa shape index (κ2) is 4.53. The third-order valence-electron chi connectivity index (χ3n) is 3.12. The molecule has 2 unspecified atom stereocenters. The van der Waals surface area contributed by atoms with Gasteiger partial charge < -0.3 is 15.8 Å². The Morgan fingerprint density at radius 1 is 1.38 bits per heavy atom. The summed E-state index contributed by atoms with van der Waals surface area (Å²) in [5, 5.41) is 3.20. The van der Waals surface area contributed by atoms with Crippen LogP contribution in [0.15, 0.2) is 24.3 Å². The largest absolute Gasteiger partial charge is 0.497 e. The maximum Gasteiger partial charge on any atom is 0.222 e. The van der Waals surface area contributed by atoms with Crippen molar-refractivity contribution in [3.8, 4) is 5.75 Å². The molecule has 1 aliphatic rings. The molecule has 4 nitrogen and oxygen atoms in total. The Balaban J connectivity index is 2.19. The van der Waals surface area contributed by atoms with Gasteiger partial charge in [0.1, 0.15) is 5.75 Å². The molecular weight excluding hydrogens is 204 g/mol. The van der Waals surface area contributed by atoms with E-state index in [0.29, 0.717) is 6.54 Å². The normalized spacial score (nSPS) is 24.3. The van der Waals surface area contributed by atoms with Crippen LogP contribution >= 0.6 is 0 Å². The molecule has 2 atom stereocenters. The minimum Gasteiger partial charge on any atom is -0.497 e. The molecule has 1 saturated heterocycles. The van der Waals surface area contributed by atoms with Crippen LogP contribution < -0.4 is 15.8 Å². The number of carbonyl (C=O) groups excluding carboxylic acids is 1. The number of benzene rings is 1.